The molecule has 0 aliphatic carbocycles. The van der Waals surface area contributed by atoms with Crippen molar-refractivity contribution in [3.05, 3.63) is 83.9 Å². The van der Waals surface area contributed by atoms with Crippen molar-refractivity contribution >= 4 is 23.3 Å². The standard InChI is InChI=1S/C24H26N4O2S/c1-3-4-14-28-22(21(26-24(28)31)19-11-5-6-13-25-19)20-12-8-15-27(20)18-10-7-9-17(16-18)23(29)30-2/h5-13,15-16,21-22H,3-4,14H2,1-2H3,(H,26,31)/t21-,22-/m1/s1. The summed E-state index contributed by atoms with van der Waals surface area (Å²) in [5.74, 6) is -0.352. The molecule has 6 nitrogen and oxygen atoms in total. The van der Waals surface area contributed by atoms with Gasteiger partial charge < -0.3 is 19.5 Å². The number of methoxy groups -OCH3 is 1. The topological polar surface area (TPSA) is 59.4 Å². The van der Waals surface area contributed by atoms with Crippen LogP contribution in [-0.4, -0.2) is 39.2 Å². The number of esters is 1. The van der Waals surface area contributed by atoms with Crippen LogP contribution in [-0.2, 0) is 4.74 Å². The number of aromatic nitrogens is 2. The molecule has 0 amide bonds. The van der Waals surface area contributed by atoms with Crippen molar-refractivity contribution in [3.8, 4) is 5.69 Å². The molecule has 3 heterocycles. The van der Waals surface area contributed by atoms with E-state index in [-0.39, 0.29) is 18.1 Å². The molecule has 31 heavy (non-hydrogen) atoms. The van der Waals surface area contributed by atoms with Crippen molar-refractivity contribution in [1.82, 2.24) is 19.8 Å². The van der Waals surface area contributed by atoms with E-state index in [2.05, 4.69) is 32.8 Å². The highest BCUT2D eigenvalue weighted by molar-refractivity contribution is 7.80. The van der Waals surface area contributed by atoms with Crippen molar-refractivity contribution < 1.29 is 9.53 Å². The molecule has 7 heteroatoms. The van der Waals surface area contributed by atoms with Crippen LogP contribution in [0.15, 0.2) is 67.0 Å². The summed E-state index contributed by atoms with van der Waals surface area (Å²) in [4.78, 5) is 18.9. The normalized spacial score (nSPS) is 18.1. The first-order chi connectivity index (χ1) is 15.1. The molecule has 0 unspecified atom stereocenters. The third kappa shape index (κ3) is 4.18. The van der Waals surface area contributed by atoms with Gasteiger partial charge in [-0.1, -0.05) is 25.5 Å². The molecule has 1 saturated heterocycles. The monoisotopic (exact) mass is 434 g/mol. The summed E-state index contributed by atoms with van der Waals surface area (Å²) in [6, 6.07) is 17.5. The van der Waals surface area contributed by atoms with Crippen LogP contribution in [0.25, 0.3) is 5.69 Å². The number of hydrogen-bond donors (Lipinski definition) is 1. The minimum atomic E-state index is -0.352. The van der Waals surface area contributed by atoms with Crippen molar-refractivity contribution in [2.24, 2.45) is 0 Å². The zero-order valence-corrected chi connectivity index (χ0v) is 18.5. The Kier molecular flexibility index (Phi) is 6.32. The molecular formula is C24H26N4O2S. The Morgan fingerprint density at radius 1 is 1.19 bits per heavy atom. The molecule has 1 aliphatic rings. The predicted molar refractivity (Wildman–Crippen MR) is 124 cm³/mol. The summed E-state index contributed by atoms with van der Waals surface area (Å²) in [5.41, 5.74) is 3.45. The van der Waals surface area contributed by atoms with Crippen LogP contribution < -0.4 is 5.32 Å². The Morgan fingerprint density at radius 2 is 2.06 bits per heavy atom. The second kappa shape index (κ2) is 9.31. The van der Waals surface area contributed by atoms with Crippen LogP contribution in [0.5, 0.6) is 0 Å². The molecule has 0 saturated carbocycles. The Bertz CT molecular complexity index is 1070. The summed E-state index contributed by atoms with van der Waals surface area (Å²) in [6.45, 7) is 3.04. The second-order valence-corrected chi connectivity index (χ2v) is 7.91. The van der Waals surface area contributed by atoms with Crippen LogP contribution in [0.1, 0.15) is 53.6 Å². The average Bonchev–Trinajstić information content (AvgIpc) is 3.42. The van der Waals surface area contributed by atoms with Gasteiger partial charge in [0.1, 0.15) is 0 Å². The van der Waals surface area contributed by atoms with Gasteiger partial charge in [0.2, 0.25) is 0 Å². The van der Waals surface area contributed by atoms with E-state index >= 15 is 0 Å². The predicted octanol–water partition coefficient (Wildman–Crippen LogP) is 4.43. The lowest BCUT2D eigenvalue weighted by molar-refractivity contribution is 0.0600. The number of nitrogens with zero attached hydrogens (tertiary/aromatic N) is 3. The Hall–Kier alpha value is -3.19. The molecular weight excluding hydrogens is 408 g/mol. The van der Waals surface area contributed by atoms with Crippen LogP contribution in [0.3, 0.4) is 0 Å². The molecule has 0 spiro atoms. The maximum atomic E-state index is 12.1. The molecule has 1 N–H and O–H groups in total. The number of benzene rings is 1. The van der Waals surface area contributed by atoms with E-state index in [9.17, 15) is 4.79 Å². The summed E-state index contributed by atoms with van der Waals surface area (Å²) in [5, 5.41) is 4.23. The zero-order valence-electron chi connectivity index (χ0n) is 17.7. The quantitative estimate of drug-likeness (QED) is 0.438. The van der Waals surface area contributed by atoms with Crippen molar-refractivity contribution in [2.45, 2.75) is 31.8 Å². The summed E-state index contributed by atoms with van der Waals surface area (Å²) < 4.78 is 7.01. The highest BCUT2D eigenvalue weighted by atomic mass is 32.1. The fraction of sp³-hybridized carbons (Fsp3) is 0.292. The van der Waals surface area contributed by atoms with Crippen LogP contribution in [0.4, 0.5) is 0 Å². The number of unbranched alkanes of at least 4 members (excludes halogenated alkanes) is 1. The third-order valence-corrected chi connectivity index (χ3v) is 5.93. The number of carbonyl (C=O) groups excluding carboxylic acids is 1. The van der Waals surface area contributed by atoms with Gasteiger partial charge in [-0.25, -0.2) is 4.79 Å². The first kappa shape index (κ1) is 21.1. The molecule has 1 aliphatic heterocycles. The SMILES string of the molecule is CCCCN1C(=S)N[C@H](c2ccccn2)[C@H]1c1cccn1-c1cccc(C(=O)OC)c1. The molecule has 0 radical (unpaired) electrons. The molecule has 1 fully saturated rings. The number of ether oxygens (including phenoxy) is 1. The maximum Gasteiger partial charge on any atom is 0.337 e. The maximum absolute atomic E-state index is 12.1. The molecule has 0 bridgehead atoms. The van der Waals surface area contributed by atoms with Gasteiger partial charge >= 0.3 is 5.97 Å². The Balaban J connectivity index is 1.78. The largest absolute Gasteiger partial charge is 0.465 e. The van der Waals surface area contributed by atoms with Gasteiger partial charge in [0.25, 0.3) is 0 Å². The van der Waals surface area contributed by atoms with Crippen molar-refractivity contribution in [1.29, 1.82) is 0 Å². The number of thiocarbonyl (C=S) groups is 1. The van der Waals surface area contributed by atoms with Gasteiger partial charge in [-0.15, -0.1) is 0 Å². The number of carbonyl (C=O) groups is 1. The van der Waals surface area contributed by atoms with E-state index in [1.165, 1.54) is 7.11 Å². The summed E-state index contributed by atoms with van der Waals surface area (Å²) >= 11 is 5.73. The van der Waals surface area contributed by atoms with E-state index in [0.717, 1.165) is 41.6 Å². The van der Waals surface area contributed by atoms with Crippen molar-refractivity contribution in [2.75, 3.05) is 13.7 Å². The van der Waals surface area contributed by atoms with Gasteiger partial charge in [-0.05, 0) is 61.1 Å². The van der Waals surface area contributed by atoms with Crippen molar-refractivity contribution in [3.63, 3.8) is 0 Å². The average molecular weight is 435 g/mol. The van der Waals surface area contributed by atoms with Crippen LogP contribution in [0, 0.1) is 0 Å². The molecule has 4 rings (SSSR count). The van der Waals surface area contributed by atoms with E-state index in [1.54, 1.807) is 6.07 Å². The fourth-order valence-corrected chi connectivity index (χ4v) is 4.40. The number of hydrogen-bond acceptors (Lipinski definition) is 4. The minimum absolute atomic E-state index is 0.0225. The zero-order chi connectivity index (χ0) is 21.8. The smallest absolute Gasteiger partial charge is 0.337 e. The van der Waals surface area contributed by atoms with E-state index in [0.29, 0.717) is 5.56 Å². The first-order valence-electron chi connectivity index (χ1n) is 10.5. The van der Waals surface area contributed by atoms with Gasteiger partial charge in [0.15, 0.2) is 5.11 Å². The lowest BCUT2D eigenvalue weighted by Crippen LogP contribution is -2.31. The minimum Gasteiger partial charge on any atom is -0.465 e. The van der Waals surface area contributed by atoms with Crippen LogP contribution in [0.2, 0.25) is 0 Å². The summed E-state index contributed by atoms with van der Waals surface area (Å²) in [6.07, 6.45) is 5.96. The van der Waals surface area contributed by atoms with E-state index in [1.807, 2.05) is 54.9 Å². The van der Waals surface area contributed by atoms with E-state index < -0.39 is 0 Å². The van der Waals surface area contributed by atoms with E-state index in [4.69, 9.17) is 17.0 Å². The highest BCUT2D eigenvalue weighted by Crippen LogP contribution is 2.39. The molecule has 160 valence electrons. The highest BCUT2D eigenvalue weighted by Gasteiger charge is 2.40. The second-order valence-electron chi connectivity index (χ2n) is 7.52. The summed E-state index contributed by atoms with van der Waals surface area (Å²) in [7, 11) is 1.39. The molecule has 2 aromatic heterocycles. The van der Waals surface area contributed by atoms with Gasteiger partial charge in [0, 0.05) is 30.3 Å². The number of nitrogens with one attached hydrogen (secondary N) is 1. The van der Waals surface area contributed by atoms with Gasteiger partial charge in [0.05, 0.1) is 30.5 Å². The van der Waals surface area contributed by atoms with Gasteiger partial charge in [-0.2, -0.15) is 0 Å². The van der Waals surface area contributed by atoms with Crippen LogP contribution >= 0.6 is 12.2 Å². The number of rotatable bonds is 7. The fourth-order valence-electron chi connectivity index (χ4n) is 4.07. The van der Waals surface area contributed by atoms with Gasteiger partial charge in [-0.3, -0.25) is 4.98 Å². The lowest BCUT2D eigenvalue weighted by Gasteiger charge is -2.29. The first-order valence-corrected chi connectivity index (χ1v) is 10.9. The third-order valence-electron chi connectivity index (χ3n) is 5.58. The lowest BCUT2D eigenvalue weighted by atomic mass is 10.0. The molecule has 2 atom stereocenters. The molecule has 1 aromatic carbocycles. The Labute approximate surface area is 187 Å². The molecule has 3 aromatic rings. The number of pyridine rings is 1. The Morgan fingerprint density at radius 3 is 2.81 bits per heavy atom.